The molecule has 0 bridgehead atoms. The minimum atomic E-state index is 0.000626. The molecule has 0 saturated carbocycles. The highest BCUT2D eigenvalue weighted by Crippen LogP contribution is 2.32. The van der Waals surface area contributed by atoms with E-state index in [-0.39, 0.29) is 17.6 Å². The summed E-state index contributed by atoms with van der Waals surface area (Å²) in [6.07, 6.45) is 2.31. The average molecular weight is 264 g/mol. The molecular formula is C16H28N2O. The third-order valence-electron chi connectivity index (χ3n) is 3.47. The Morgan fingerprint density at radius 3 is 2.16 bits per heavy atom. The molecule has 1 aromatic carbocycles. The van der Waals surface area contributed by atoms with E-state index in [4.69, 9.17) is 10.6 Å². The van der Waals surface area contributed by atoms with Gasteiger partial charge in [-0.05, 0) is 23.0 Å². The van der Waals surface area contributed by atoms with Gasteiger partial charge in [0.15, 0.2) is 0 Å². The molecule has 3 nitrogen and oxygen atoms in total. The van der Waals surface area contributed by atoms with Gasteiger partial charge in [0.25, 0.3) is 0 Å². The number of benzene rings is 1. The zero-order valence-corrected chi connectivity index (χ0v) is 12.9. The zero-order chi connectivity index (χ0) is 14.5. The van der Waals surface area contributed by atoms with Crippen LogP contribution in [0, 0.1) is 5.41 Å². The molecule has 0 aliphatic heterocycles. The van der Waals surface area contributed by atoms with Crippen LogP contribution in [0.15, 0.2) is 24.3 Å². The Hall–Kier alpha value is -0.900. The van der Waals surface area contributed by atoms with Crippen molar-refractivity contribution < 1.29 is 4.74 Å². The van der Waals surface area contributed by atoms with Crippen molar-refractivity contribution >= 4 is 0 Å². The van der Waals surface area contributed by atoms with Gasteiger partial charge in [-0.1, -0.05) is 58.4 Å². The highest BCUT2D eigenvalue weighted by molar-refractivity contribution is 5.26. The molecule has 0 aliphatic carbocycles. The number of ether oxygens (including phenoxy) is 1. The second-order valence-corrected chi connectivity index (χ2v) is 6.16. The number of nitrogens with two attached hydrogens (primary N) is 1. The summed E-state index contributed by atoms with van der Waals surface area (Å²) in [5.74, 6) is 5.74. The van der Waals surface area contributed by atoms with Gasteiger partial charge in [-0.15, -0.1) is 0 Å². The van der Waals surface area contributed by atoms with Crippen LogP contribution in [-0.2, 0) is 11.2 Å². The van der Waals surface area contributed by atoms with Gasteiger partial charge in [0, 0.05) is 7.11 Å². The Morgan fingerprint density at radius 2 is 1.79 bits per heavy atom. The van der Waals surface area contributed by atoms with E-state index in [0.717, 1.165) is 6.42 Å². The van der Waals surface area contributed by atoms with Gasteiger partial charge in [0.05, 0.1) is 12.1 Å². The number of rotatable bonds is 6. The minimum Gasteiger partial charge on any atom is -0.379 e. The van der Waals surface area contributed by atoms with Gasteiger partial charge in [0.1, 0.15) is 0 Å². The molecule has 0 spiro atoms. The van der Waals surface area contributed by atoms with Gasteiger partial charge in [0.2, 0.25) is 0 Å². The topological polar surface area (TPSA) is 47.3 Å². The molecule has 1 aromatic rings. The summed E-state index contributed by atoms with van der Waals surface area (Å²) in [6.45, 7) is 8.68. The van der Waals surface area contributed by atoms with Crippen LogP contribution < -0.4 is 11.3 Å². The first-order chi connectivity index (χ1) is 8.93. The Bertz CT molecular complexity index is 367. The van der Waals surface area contributed by atoms with Crippen LogP contribution in [0.5, 0.6) is 0 Å². The molecule has 2 unspecified atom stereocenters. The number of hydrazine groups is 1. The van der Waals surface area contributed by atoms with E-state index in [1.165, 1.54) is 17.5 Å². The Morgan fingerprint density at radius 1 is 1.21 bits per heavy atom. The van der Waals surface area contributed by atoms with Crippen LogP contribution in [0.2, 0.25) is 0 Å². The van der Waals surface area contributed by atoms with Crippen molar-refractivity contribution in [1.29, 1.82) is 0 Å². The SMILES string of the molecule is CCCc1ccc(C(NN)C(OC)C(C)(C)C)cc1. The fourth-order valence-electron chi connectivity index (χ4n) is 2.53. The van der Waals surface area contributed by atoms with E-state index in [1.807, 2.05) is 0 Å². The first kappa shape index (κ1) is 16.2. The Labute approximate surface area is 117 Å². The quantitative estimate of drug-likeness (QED) is 0.612. The van der Waals surface area contributed by atoms with Crippen LogP contribution >= 0.6 is 0 Å². The Kier molecular flexibility index (Phi) is 5.98. The lowest BCUT2D eigenvalue weighted by Gasteiger charge is -2.35. The molecule has 0 amide bonds. The maximum Gasteiger partial charge on any atom is 0.0827 e. The molecular weight excluding hydrogens is 236 g/mol. The van der Waals surface area contributed by atoms with Crippen molar-refractivity contribution in [1.82, 2.24) is 5.43 Å². The molecule has 0 aliphatic rings. The first-order valence-electron chi connectivity index (χ1n) is 7.01. The molecule has 0 saturated heterocycles. The smallest absolute Gasteiger partial charge is 0.0827 e. The molecule has 3 heteroatoms. The van der Waals surface area contributed by atoms with Gasteiger partial charge in [-0.25, -0.2) is 0 Å². The Balaban J connectivity index is 2.95. The maximum absolute atomic E-state index is 5.74. The van der Waals surface area contributed by atoms with Gasteiger partial charge < -0.3 is 4.74 Å². The largest absolute Gasteiger partial charge is 0.379 e. The predicted octanol–water partition coefficient (Wildman–Crippen LogP) is 3.20. The van der Waals surface area contributed by atoms with Crippen molar-refractivity contribution in [2.45, 2.75) is 52.7 Å². The summed E-state index contributed by atoms with van der Waals surface area (Å²) in [7, 11) is 1.74. The maximum atomic E-state index is 5.74. The van der Waals surface area contributed by atoms with Crippen molar-refractivity contribution in [3.8, 4) is 0 Å². The zero-order valence-electron chi connectivity index (χ0n) is 12.9. The van der Waals surface area contributed by atoms with Crippen molar-refractivity contribution in [3.05, 3.63) is 35.4 Å². The lowest BCUT2D eigenvalue weighted by atomic mass is 9.82. The van der Waals surface area contributed by atoms with Crippen LogP contribution in [0.1, 0.15) is 51.3 Å². The van der Waals surface area contributed by atoms with Crippen molar-refractivity contribution in [3.63, 3.8) is 0 Å². The molecule has 0 fully saturated rings. The number of nitrogens with one attached hydrogen (secondary N) is 1. The minimum absolute atomic E-state index is 0.000626. The highest BCUT2D eigenvalue weighted by atomic mass is 16.5. The van der Waals surface area contributed by atoms with E-state index < -0.39 is 0 Å². The highest BCUT2D eigenvalue weighted by Gasteiger charge is 2.32. The van der Waals surface area contributed by atoms with E-state index >= 15 is 0 Å². The summed E-state index contributed by atoms with van der Waals surface area (Å²) in [5, 5.41) is 0. The van der Waals surface area contributed by atoms with E-state index in [0.29, 0.717) is 0 Å². The van der Waals surface area contributed by atoms with E-state index in [1.54, 1.807) is 7.11 Å². The lowest BCUT2D eigenvalue weighted by Crippen LogP contribution is -2.44. The number of hydrogen-bond acceptors (Lipinski definition) is 3. The average Bonchev–Trinajstić information content (AvgIpc) is 2.36. The van der Waals surface area contributed by atoms with Crippen LogP contribution in [-0.4, -0.2) is 13.2 Å². The summed E-state index contributed by atoms with van der Waals surface area (Å²) in [5.41, 5.74) is 5.46. The molecule has 2 atom stereocenters. The molecule has 19 heavy (non-hydrogen) atoms. The molecule has 108 valence electrons. The number of hydrogen-bond donors (Lipinski definition) is 2. The predicted molar refractivity (Wildman–Crippen MR) is 80.8 cm³/mol. The lowest BCUT2D eigenvalue weighted by molar-refractivity contribution is -0.0120. The van der Waals surface area contributed by atoms with Gasteiger partial charge in [-0.2, -0.15) is 0 Å². The fraction of sp³-hybridized carbons (Fsp3) is 0.625. The molecule has 0 heterocycles. The van der Waals surface area contributed by atoms with Crippen LogP contribution in [0.3, 0.4) is 0 Å². The molecule has 0 aromatic heterocycles. The van der Waals surface area contributed by atoms with Crippen molar-refractivity contribution in [2.24, 2.45) is 11.3 Å². The van der Waals surface area contributed by atoms with E-state index in [9.17, 15) is 0 Å². The second-order valence-electron chi connectivity index (χ2n) is 6.16. The summed E-state index contributed by atoms with van der Waals surface area (Å²) < 4.78 is 5.66. The van der Waals surface area contributed by atoms with Crippen LogP contribution in [0.25, 0.3) is 0 Å². The monoisotopic (exact) mass is 264 g/mol. The number of aryl methyl sites for hydroxylation is 1. The normalized spacial score (nSPS) is 15.3. The summed E-state index contributed by atoms with van der Waals surface area (Å²) >= 11 is 0. The third-order valence-corrected chi connectivity index (χ3v) is 3.47. The van der Waals surface area contributed by atoms with Gasteiger partial charge in [-0.3, -0.25) is 11.3 Å². The fourth-order valence-corrected chi connectivity index (χ4v) is 2.53. The molecule has 1 rings (SSSR count). The number of methoxy groups -OCH3 is 1. The van der Waals surface area contributed by atoms with Gasteiger partial charge >= 0.3 is 0 Å². The van der Waals surface area contributed by atoms with E-state index in [2.05, 4.69) is 57.4 Å². The third kappa shape index (κ3) is 4.30. The summed E-state index contributed by atoms with van der Waals surface area (Å²) in [4.78, 5) is 0. The molecule has 0 radical (unpaired) electrons. The summed E-state index contributed by atoms with van der Waals surface area (Å²) in [6, 6.07) is 8.65. The standard InChI is InChI=1S/C16H28N2O/c1-6-7-12-8-10-13(11-9-12)14(18-17)15(19-5)16(2,3)4/h8-11,14-15,18H,6-7,17H2,1-5H3. The molecule has 3 N–H and O–H groups in total. The first-order valence-corrected chi connectivity index (χ1v) is 7.01. The van der Waals surface area contributed by atoms with Crippen molar-refractivity contribution in [2.75, 3.05) is 7.11 Å². The van der Waals surface area contributed by atoms with Crippen LogP contribution in [0.4, 0.5) is 0 Å². The second kappa shape index (κ2) is 7.04.